The molecule has 4 heterocycles. The van der Waals surface area contributed by atoms with E-state index in [-0.39, 0.29) is 102 Å². The summed E-state index contributed by atoms with van der Waals surface area (Å²) in [5, 5.41) is 8.61. The smallest absolute Gasteiger partial charge is 0.306 e. The molecule has 0 amide bonds. The van der Waals surface area contributed by atoms with Gasteiger partial charge < -0.3 is 28.8 Å². The molecule has 2 fully saturated rings. The van der Waals surface area contributed by atoms with Gasteiger partial charge in [0.25, 0.3) is 0 Å². The molecule has 69 heavy (non-hydrogen) atoms. The van der Waals surface area contributed by atoms with Gasteiger partial charge in [0.2, 0.25) is 31.9 Å². The third-order valence-electron chi connectivity index (χ3n) is 10.3. The zero-order valence-electron chi connectivity index (χ0n) is 40.6. The van der Waals surface area contributed by atoms with Crippen LogP contribution in [0.15, 0.2) is 70.3 Å². The van der Waals surface area contributed by atoms with Crippen molar-refractivity contribution >= 4 is 43.9 Å². The number of pyridine rings is 2. The van der Waals surface area contributed by atoms with Gasteiger partial charge in [-0.15, -0.1) is 0 Å². The fourth-order valence-electron chi connectivity index (χ4n) is 6.57. The number of methoxy groups -OCH3 is 2. The first-order valence-corrected chi connectivity index (χ1v) is 25.1. The highest BCUT2D eigenvalue weighted by Crippen LogP contribution is 2.28. The molecule has 1 N–H and O–H groups in total. The maximum atomic E-state index is 13.2. The molecule has 0 unspecified atom stereocenters. The Labute approximate surface area is 403 Å². The summed E-state index contributed by atoms with van der Waals surface area (Å²) in [6.07, 6.45) is 6.29. The Hall–Kier alpha value is -4.97. The fraction of sp³-hybridized carbons (Fsp3) is 0.609. The molecule has 0 radical (unpaired) electrons. The van der Waals surface area contributed by atoms with Gasteiger partial charge >= 0.3 is 23.9 Å². The number of piperidine rings is 2. The second kappa shape index (κ2) is 28.6. The molecule has 388 valence electrons. The van der Waals surface area contributed by atoms with E-state index < -0.39 is 43.2 Å². The highest BCUT2D eigenvalue weighted by atomic mass is 32.2. The average molecular weight is 1020 g/mol. The predicted octanol–water partition coefficient (Wildman–Crippen LogP) is 6.54. The van der Waals surface area contributed by atoms with E-state index in [9.17, 15) is 49.2 Å². The molecule has 0 saturated carbocycles. The summed E-state index contributed by atoms with van der Waals surface area (Å²) in [6, 6.07) is 5.02. The van der Waals surface area contributed by atoms with Crippen molar-refractivity contribution in [3.63, 3.8) is 0 Å². The molecule has 23 heteroatoms. The number of carbonyl (C=O) groups excluding carboxylic acids is 4. The van der Waals surface area contributed by atoms with E-state index in [0.29, 0.717) is 70.9 Å². The summed E-state index contributed by atoms with van der Waals surface area (Å²) in [7, 11) is -4.71. The quantitative estimate of drug-likeness (QED) is 0.0948. The van der Waals surface area contributed by atoms with E-state index in [2.05, 4.69) is 19.4 Å². The summed E-state index contributed by atoms with van der Waals surface area (Å²) >= 11 is 0. The Morgan fingerprint density at radius 3 is 1.39 bits per heavy atom. The van der Waals surface area contributed by atoms with E-state index in [1.54, 1.807) is 41.5 Å². The first kappa shape index (κ1) is 60.2. The molecular formula is C46H67F3N4O14S2. The molecule has 2 aliphatic heterocycles. The van der Waals surface area contributed by atoms with Crippen molar-refractivity contribution in [1.29, 1.82) is 0 Å². The van der Waals surface area contributed by atoms with Crippen LogP contribution in [0.4, 0.5) is 13.2 Å². The summed E-state index contributed by atoms with van der Waals surface area (Å²) in [5.41, 5.74) is -0.677. The first-order chi connectivity index (χ1) is 32.3. The number of aromatic nitrogens is 2. The van der Waals surface area contributed by atoms with Crippen LogP contribution in [0.1, 0.15) is 106 Å². The lowest BCUT2D eigenvalue weighted by molar-refractivity contribution is -0.155. The van der Waals surface area contributed by atoms with Crippen LogP contribution >= 0.6 is 0 Å². The summed E-state index contributed by atoms with van der Waals surface area (Å²) in [5.74, 6) is -1.75. The molecule has 2 saturated heterocycles. The van der Waals surface area contributed by atoms with Crippen LogP contribution in [-0.2, 0) is 58.2 Å². The zero-order valence-corrected chi connectivity index (χ0v) is 42.2. The van der Waals surface area contributed by atoms with Gasteiger partial charge in [-0.2, -0.15) is 13.0 Å². The minimum atomic E-state index is -3.73. The van der Waals surface area contributed by atoms with E-state index in [1.807, 2.05) is 0 Å². The van der Waals surface area contributed by atoms with Gasteiger partial charge in [0.15, 0.2) is 0 Å². The van der Waals surface area contributed by atoms with Crippen molar-refractivity contribution in [3.05, 3.63) is 66.4 Å². The van der Waals surface area contributed by atoms with Crippen LogP contribution < -0.4 is 4.74 Å². The summed E-state index contributed by atoms with van der Waals surface area (Å²) < 4.78 is 116. The summed E-state index contributed by atoms with van der Waals surface area (Å²) in [4.78, 5) is 53.0. The third kappa shape index (κ3) is 22.6. The molecule has 2 aromatic rings. The molecule has 0 aliphatic carbocycles. The van der Waals surface area contributed by atoms with E-state index >= 15 is 0 Å². The SMILES string of the molecule is CC(C)(C)OC(=O)CCC(=CF)CO.COC(=O)CC1CCN(S(=O)(=O)c2ccc(F)nc2)CC1.COC(=O)CC1CCN(S(=O)(=O)c2ccc(OCC(=CF)CCC(=O)OC(C)(C)C)nc2)CC1. The lowest BCUT2D eigenvalue weighted by atomic mass is 9.95. The van der Waals surface area contributed by atoms with Crippen LogP contribution in [0.3, 0.4) is 0 Å². The number of esters is 4. The minimum Gasteiger partial charge on any atom is -0.473 e. The van der Waals surface area contributed by atoms with E-state index in [4.69, 9.17) is 19.3 Å². The molecular weight excluding hydrogens is 954 g/mol. The maximum absolute atomic E-state index is 13.2. The second-order valence-corrected chi connectivity index (χ2v) is 21.9. The van der Waals surface area contributed by atoms with Gasteiger partial charge in [-0.1, -0.05) is 0 Å². The Balaban J connectivity index is 0.000000395. The topological polar surface area (TPSA) is 235 Å². The second-order valence-electron chi connectivity index (χ2n) is 18.1. The number of nitrogens with zero attached hydrogens (tertiary/aromatic N) is 4. The van der Waals surface area contributed by atoms with Crippen LogP contribution in [0.25, 0.3) is 0 Å². The highest BCUT2D eigenvalue weighted by molar-refractivity contribution is 7.89. The molecule has 2 aliphatic rings. The zero-order chi connectivity index (χ0) is 52.0. The van der Waals surface area contributed by atoms with Crippen molar-refractivity contribution in [1.82, 2.24) is 18.6 Å². The van der Waals surface area contributed by atoms with Gasteiger partial charge in [-0.05, 0) is 121 Å². The molecule has 0 aromatic carbocycles. The molecule has 0 spiro atoms. The third-order valence-corrected chi connectivity index (χ3v) is 14.0. The van der Waals surface area contributed by atoms with Gasteiger partial charge in [0.05, 0.1) is 45.9 Å². The number of sulfonamides is 2. The van der Waals surface area contributed by atoms with Crippen molar-refractivity contribution in [3.8, 4) is 5.88 Å². The van der Waals surface area contributed by atoms with E-state index in [1.165, 1.54) is 47.2 Å². The Kier molecular flexibility index (Phi) is 25.0. The minimum absolute atomic E-state index is 0.0112. The number of aliphatic hydroxyl groups excluding tert-OH is 1. The number of halogens is 3. The molecule has 0 bridgehead atoms. The normalized spacial score (nSPS) is 15.9. The standard InChI is InChI=1S/C23H33FN2O7S.C13H17FN2O4S.C10H17FO3/c1-23(2,3)33-21(27)8-5-18(14-24)16-32-20-7-6-19(15-25-20)34(29,30)26-11-9-17(10-12-26)13-22(28)31-4;1-20-13(17)8-10-4-6-16(7-5-10)21(18,19)11-2-3-12(14)15-9-11;1-10(2,3)14-9(13)5-4-8(6-11)7-12/h6-7,14-15,17H,5,8-13,16H2,1-4H3;2-3,9-10H,4-8H2,1H3;6,12H,4-5,7H2,1-3H3. The highest BCUT2D eigenvalue weighted by Gasteiger charge is 2.32. The maximum Gasteiger partial charge on any atom is 0.306 e. The monoisotopic (exact) mass is 1020 g/mol. The van der Waals surface area contributed by atoms with Crippen LogP contribution in [0.2, 0.25) is 0 Å². The average Bonchev–Trinajstić information content (AvgIpc) is 3.29. The van der Waals surface area contributed by atoms with Crippen molar-refractivity contribution in [2.45, 2.75) is 127 Å². The Bertz CT molecular complexity index is 2230. The predicted molar refractivity (Wildman–Crippen MR) is 246 cm³/mol. The number of carbonyl (C=O) groups is 4. The molecule has 0 atom stereocenters. The first-order valence-electron chi connectivity index (χ1n) is 22.2. The van der Waals surface area contributed by atoms with Crippen LogP contribution in [0.5, 0.6) is 5.88 Å². The molecule has 18 nitrogen and oxygen atoms in total. The van der Waals surface area contributed by atoms with Crippen molar-refractivity contribution < 1.29 is 78.0 Å². The Morgan fingerprint density at radius 1 is 0.652 bits per heavy atom. The van der Waals surface area contributed by atoms with Crippen LogP contribution in [0, 0.1) is 17.8 Å². The van der Waals surface area contributed by atoms with Crippen LogP contribution in [-0.4, -0.2) is 129 Å². The number of aliphatic hydroxyl groups is 1. The van der Waals surface area contributed by atoms with E-state index in [0.717, 1.165) is 12.3 Å². The van der Waals surface area contributed by atoms with Gasteiger partial charge in [-0.25, -0.2) is 35.6 Å². The molecule has 2 aromatic heterocycles. The number of hydrogen-bond donors (Lipinski definition) is 1. The van der Waals surface area contributed by atoms with Gasteiger partial charge in [0, 0.05) is 57.9 Å². The number of ether oxygens (including phenoxy) is 5. The lowest BCUT2D eigenvalue weighted by Gasteiger charge is -2.30. The van der Waals surface area contributed by atoms with Crippen molar-refractivity contribution in [2.24, 2.45) is 11.8 Å². The molecule has 4 rings (SSSR count). The van der Waals surface area contributed by atoms with Gasteiger partial charge in [-0.3, -0.25) is 19.2 Å². The number of hydrogen-bond acceptors (Lipinski definition) is 16. The Morgan fingerprint density at radius 2 is 1.06 bits per heavy atom. The van der Waals surface area contributed by atoms with Gasteiger partial charge in [0.1, 0.15) is 27.6 Å². The summed E-state index contributed by atoms with van der Waals surface area (Å²) in [6.45, 7) is 11.4. The fourth-order valence-corrected chi connectivity index (χ4v) is 9.40. The largest absolute Gasteiger partial charge is 0.473 e. The number of rotatable bonds is 18. The van der Waals surface area contributed by atoms with Crippen molar-refractivity contribution in [2.75, 3.05) is 53.6 Å². The lowest BCUT2D eigenvalue weighted by Crippen LogP contribution is -2.39.